The Hall–Kier alpha value is -2.09. The van der Waals surface area contributed by atoms with Gasteiger partial charge in [-0.3, -0.25) is 0 Å². The first kappa shape index (κ1) is 10.4. The van der Waals surface area contributed by atoms with Gasteiger partial charge in [-0.25, -0.2) is 4.79 Å². The summed E-state index contributed by atoms with van der Waals surface area (Å²) in [5, 5.41) is 8.53. The molecule has 0 heterocycles. The molecular formula is C14H12O2. The Morgan fingerprint density at radius 1 is 1.38 bits per heavy atom. The van der Waals surface area contributed by atoms with Gasteiger partial charge < -0.3 is 5.11 Å². The van der Waals surface area contributed by atoms with E-state index in [2.05, 4.69) is 12.2 Å². The van der Waals surface area contributed by atoms with E-state index in [4.69, 9.17) is 5.11 Å². The molecule has 1 aliphatic carbocycles. The van der Waals surface area contributed by atoms with Crippen LogP contribution in [0.2, 0.25) is 0 Å². The van der Waals surface area contributed by atoms with E-state index in [1.807, 2.05) is 31.2 Å². The monoisotopic (exact) mass is 212 g/mol. The van der Waals surface area contributed by atoms with Crippen molar-refractivity contribution >= 4 is 17.6 Å². The zero-order chi connectivity index (χ0) is 11.5. The molecular weight excluding hydrogens is 200 g/mol. The first-order valence-electron chi connectivity index (χ1n) is 5.07. The van der Waals surface area contributed by atoms with Crippen molar-refractivity contribution in [1.82, 2.24) is 0 Å². The van der Waals surface area contributed by atoms with Crippen molar-refractivity contribution in [2.45, 2.75) is 6.92 Å². The molecule has 1 aliphatic rings. The summed E-state index contributed by atoms with van der Waals surface area (Å²) in [6, 6.07) is 5.93. The number of hydrogen-bond acceptors (Lipinski definition) is 1. The fourth-order valence-corrected chi connectivity index (χ4v) is 1.65. The maximum atomic E-state index is 10.4. The fourth-order valence-electron chi connectivity index (χ4n) is 1.65. The number of carbonyl (C=O) groups is 1. The van der Waals surface area contributed by atoms with Gasteiger partial charge in [0.05, 0.1) is 0 Å². The normalized spacial score (nSPS) is 13.7. The average molecular weight is 212 g/mol. The van der Waals surface area contributed by atoms with Crippen molar-refractivity contribution in [3.05, 3.63) is 59.2 Å². The highest BCUT2D eigenvalue weighted by Crippen LogP contribution is 2.25. The predicted octanol–water partition coefficient (Wildman–Crippen LogP) is 3.05. The molecule has 0 amide bonds. The number of allylic oxidation sites excluding steroid dienone is 4. The van der Waals surface area contributed by atoms with Crippen molar-refractivity contribution in [1.29, 1.82) is 0 Å². The molecule has 2 rings (SSSR count). The molecule has 80 valence electrons. The quantitative estimate of drug-likeness (QED) is 0.782. The van der Waals surface area contributed by atoms with Crippen LogP contribution in [0.1, 0.15) is 16.7 Å². The molecule has 0 unspecified atom stereocenters. The molecule has 1 aromatic carbocycles. The highest BCUT2D eigenvalue weighted by atomic mass is 16.4. The number of aliphatic carboxylic acids is 1. The first-order chi connectivity index (χ1) is 7.66. The standard InChI is InChI=1S/C14H12O2/c1-10-9-11(6-8-14(15)16)5-7-13(10)12-3-2-4-12/h2-9H,1H3,(H,15,16)/b8-6+. The van der Waals surface area contributed by atoms with Gasteiger partial charge in [-0.05, 0) is 35.3 Å². The fraction of sp³-hybridized carbons (Fsp3) is 0.0714. The lowest BCUT2D eigenvalue weighted by Crippen LogP contribution is -1.91. The number of carboxylic acid groups (broad SMARTS) is 1. The Bertz CT molecular complexity index is 520. The van der Waals surface area contributed by atoms with Gasteiger partial charge in [0, 0.05) is 6.08 Å². The molecule has 0 atom stereocenters. The van der Waals surface area contributed by atoms with Crippen molar-refractivity contribution < 1.29 is 9.90 Å². The largest absolute Gasteiger partial charge is 0.478 e. The number of rotatable bonds is 3. The maximum Gasteiger partial charge on any atom is 0.328 e. The lowest BCUT2D eigenvalue weighted by Gasteiger charge is -2.11. The molecule has 0 spiro atoms. The highest BCUT2D eigenvalue weighted by molar-refractivity contribution is 5.86. The van der Waals surface area contributed by atoms with Crippen LogP contribution in [0.25, 0.3) is 11.6 Å². The molecule has 1 N–H and O–H groups in total. The summed E-state index contributed by atoms with van der Waals surface area (Å²) < 4.78 is 0. The number of benzene rings is 1. The van der Waals surface area contributed by atoms with Gasteiger partial charge >= 0.3 is 5.97 Å². The Morgan fingerprint density at radius 2 is 2.12 bits per heavy atom. The molecule has 16 heavy (non-hydrogen) atoms. The van der Waals surface area contributed by atoms with Gasteiger partial charge in [-0.2, -0.15) is 0 Å². The van der Waals surface area contributed by atoms with Crippen molar-refractivity contribution in [3.8, 4) is 0 Å². The lowest BCUT2D eigenvalue weighted by molar-refractivity contribution is -0.131. The van der Waals surface area contributed by atoms with Crippen LogP contribution < -0.4 is 0 Å². The number of carboxylic acids is 1. The first-order valence-corrected chi connectivity index (χ1v) is 5.07. The van der Waals surface area contributed by atoms with E-state index in [0.717, 1.165) is 17.2 Å². The SMILES string of the molecule is Cc1cc(/C=C/C(=O)O)ccc1C1=CC=C1. The van der Waals surface area contributed by atoms with Crippen LogP contribution in [0.5, 0.6) is 0 Å². The molecule has 0 bridgehead atoms. The number of hydrogen-bond donors (Lipinski definition) is 1. The summed E-state index contributed by atoms with van der Waals surface area (Å²) in [6.07, 6.45) is 8.89. The molecule has 0 radical (unpaired) electrons. The van der Waals surface area contributed by atoms with Crippen molar-refractivity contribution in [2.24, 2.45) is 0 Å². The summed E-state index contributed by atoms with van der Waals surface area (Å²) in [5.74, 6) is -0.925. The van der Waals surface area contributed by atoms with Gasteiger partial charge in [0.15, 0.2) is 0 Å². The van der Waals surface area contributed by atoms with Crippen LogP contribution in [0.4, 0.5) is 0 Å². The van der Waals surface area contributed by atoms with Crippen LogP contribution >= 0.6 is 0 Å². The zero-order valence-corrected chi connectivity index (χ0v) is 8.97. The Morgan fingerprint density at radius 3 is 2.62 bits per heavy atom. The third-order valence-electron chi connectivity index (χ3n) is 2.53. The second kappa shape index (κ2) is 4.19. The Kier molecular flexibility index (Phi) is 2.73. The second-order valence-electron chi connectivity index (χ2n) is 3.73. The smallest absolute Gasteiger partial charge is 0.328 e. The predicted molar refractivity (Wildman–Crippen MR) is 65.0 cm³/mol. The minimum atomic E-state index is -0.925. The van der Waals surface area contributed by atoms with E-state index in [0.29, 0.717) is 0 Å². The van der Waals surface area contributed by atoms with E-state index in [-0.39, 0.29) is 0 Å². The molecule has 0 aliphatic heterocycles. The van der Waals surface area contributed by atoms with Gasteiger partial charge in [-0.1, -0.05) is 36.4 Å². The molecule has 0 saturated heterocycles. The Labute approximate surface area is 94.2 Å². The summed E-state index contributed by atoms with van der Waals surface area (Å²) >= 11 is 0. The summed E-state index contributed by atoms with van der Waals surface area (Å²) in [4.78, 5) is 10.4. The second-order valence-corrected chi connectivity index (χ2v) is 3.73. The molecule has 1 aromatic rings. The molecule has 0 saturated carbocycles. The van der Waals surface area contributed by atoms with Crippen LogP contribution in [-0.2, 0) is 4.79 Å². The topological polar surface area (TPSA) is 37.3 Å². The van der Waals surface area contributed by atoms with E-state index >= 15 is 0 Å². The maximum absolute atomic E-state index is 10.4. The Balaban J connectivity index is 2.26. The summed E-state index contributed by atoms with van der Waals surface area (Å²) in [6.45, 7) is 2.03. The van der Waals surface area contributed by atoms with E-state index in [1.165, 1.54) is 11.1 Å². The summed E-state index contributed by atoms with van der Waals surface area (Å²) in [7, 11) is 0. The third-order valence-corrected chi connectivity index (χ3v) is 2.53. The van der Waals surface area contributed by atoms with Crippen molar-refractivity contribution in [3.63, 3.8) is 0 Å². The minimum absolute atomic E-state index is 0.910. The molecule has 0 aromatic heterocycles. The lowest BCUT2D eigenvalue weighted by atomic mass is 9.94. The van der Waals surface area contributed by atoms with Crippen molar-refractivity contribution in [2.75, 3.05) is 0 Å². The van der Waals surface area contributed by atoms with Crippen LogP contribution in [0, 0.1) is 6.92 Å². The average Bonchev–Trinajstić information content (AvgIpc) is 2.15. The molecule has 2 nitrogen and oxygen atoms in total. The number of aryl methyl sites for hydroxylation is 1. The molecule has 0 fully saturated rings. The van der Waals surface area contributed by atoms with Gasteiger partial charge in [0.1, 0.15) is 0 Å². The van der Waals surface area contributed by atoms with E-state index in [1.54, 1.807) is 6.08 Å². The van der Waals surface area contributed by atoms with Gasteiger partial charge in [0.25, 0.3) is 0 Å². The van der Waals surface area contributed by atoms with Crippen LogP contribution in [0.3, 0.4) is 0 Å². The van der Waals surface area contributed by atoms with Gasteiger partial charge in [0.2, 0.25) is 0 Å². The van der Waals surface area contributed by atoms with Crippen LogP contribution in [0.15, 0.2) is 42.5 Å². The minimum Gasteiger partial charge on any atom is -0.478 e. The highest BCUT2D eigenvalue weighted by Gasteiger charge is 2.05. The third kappa shape index (κ3) is 2.11. The van der Waals surface area contributed by atoms with Gasteiger partial charge in [-0.15, -0.1) is 0 Å². The van der Waals surface area contributed by atoms with E-state index in [9.17, 15) is 4.79 Å². The zero-order valence-electron chi connectivity index (χ0n) is 8.97. The van der Waals surface area contributed by atoms with Crippen LogP contribution in [-0.4, -0.2) is 11.1 Å². The summed E-state index contributed by atoms with van der Waals surface area (Å²) in [5.41, 5.74) is 4.50. The molecule has 2 heteroatoms. The van der Waals surface area contributed by atoms with E-state index < -0.39 is 5.97 Å².